The highest BCUT2D eigenvalue weighted by molar-refractivity contribution is 6.01. The second-order valence-electron chi connectivity index (χ2n) is 6.95. The van der Waals surface area contributed by atoms with Gasteiger partial charge >= 0.3 is 6.18 Å². The molecule has 2 amide bonds. The first-order valence-electron chi connectivity index (χ1n) is 8.72. The summed E-state index contributed by atoms with van der Waals surface area (Å²) >= 11 is 0. The quantitative estimate of drug-likeness (QED) is 0.867. The highest BCUT2D eigenvalue weighted by atomic mass is 19.4. The van der Waals surface area contributed by atoms with Crippen LogP contribution in [0.25, 0.3) is 0 Å². The molecule has 1 N–H and O–H groups in total. The van der Waals surface area contributed by atoms with Crippen molar-refractivity contribution in [2.45, 2.75) is 31.9 Å². The van der Waals surface area contributed by atoms with Crippen molar-refractivity contribution in [3.63, 3.8) is 0 Å². The van der Waals surface area contributed by atoms with E-state index in [0.717, 1.165) is 12.1 Å². The van der Waals surface area contributed by atoms with Crippen LogP contribution in [0.15, 0.2) is 36.7 Å². The molecular weight excluding hydrogens is 373 g/mol. The highest BCUT2D eigenvalue weighted by Gasteiger charge is 2.41. The van der Waals surface area contributed by atoms with Crippen LogP contribution in [0.1, 0.15) is 41.8 Å². The minimum Gasteiger partial charge on any atom is -0.328 e. The number of benzene rings is 1. The normalized spacial score (nSPS) is 19.3. The number of hydrogen-bond donors (Lipinski definition) is 1. The lowest BCUT2D eigenvalue weighted by Gasteiger charge is -2.41. The zero-order valence-electron chi connectivity index (χ0n) is 15.4. The van der Waals surface area contributed by atoms with Gasteiger partial charge in [-0.2, -0.15) is 13.2 Å². The summed E-state index contributed by atoms with van der Waals surface area (Å²) in [6.45, 7) is 3.53. The number of fused-ring (bicyclic) bond motifs is 1. The lowest BCUT2D eigenvalue weighted by atomic mass is 9.74. The third-order valence-corrected chi connectivity index (χ3v) is 4.99. The number of alkyl halides is 3. The smallest absolute Gasteiger partial charge is 0.328 e. The number of carbonyl (C=O) groups is 2. The van der Waals surface area contributed by atoms with Gasteiger partial charge in [0.25, 0.3) is 5.91 Å². The molecule has 0 fully saturated rings. The SMILES string of the molecule is CC[C@@]1(C)CN(CC(=O)Nc2ncccn2)C(=O)c2ccc(C(F)(F)F)cc21. The van der Waals surface area contributed by atoms with Crippen LogP contribution < -0.4 is 5.32 Å². The van der Waals surface area contributed by atoms with E-state index in [2.05, 4.69) is 15.3 Å². The molecule has 28 heavy (non-hydrogen) atoms. The van der Waals surface area contributed by atoms with Gasteiger partial charge in [-0.3, -0.25) is 14.9 Å². The molecule has 0 radical (unpaired) electrons. The fraction of sp³-hybridized carbons (Fsp3) is 0.368. The van der Waals surface area contributed by atoms with Crippen molar-refractivity contribution in [1.82, 2.24) is 14.9 Å². The molecule has 2 heterocycles. The molecule has 3 rings (SSSR count). The molecule has 1 aliphatic rings. The number of nitrogens with one attached hydrogen (secondary N) is 1. The molecule has 9 heteroatoms. The van der Waals surface area contributed by atoms with E-state index in [1.54, 1.807) is 13.0 Å². The zero-order valence-corrected chi connectivity index (χ0v) is 15.4. The maximum absolute atomic E-state index is 13.1. The Kier molecular flexibility index (Phi) is 5.10. The number of aromatic nitrogens is 2. The third kappa shape index (κ3) is 3.83. The van der Waals surface area contributed by atoms with Crippen molar-refractivity contribution < 1.29 is 22.8 Å². The van der Waals surface area contributed by atoms with E-state index in [9.17, 15) is 22.8 Å². The molecule has 148 valence electrons. The molecule has 2 aromatic rings. The summed E-state index contributed by atoms with van der Waals surface area (Å²) in [5.41, 5.74) is -0.940. The number of halogens is 3. The Morgan fingerprint density at radius 3 is 2.57 bits per heavy atom. The van der Waals surface area contributed by atoms with Crippen LogP contribution in [0.3, 0.4) is 0 Å². The van der Waals surface area contributed by atoms with Gasteiger partial charge in [0.1, 0.15) is 6.54 Å². The van der Waals surface area contributed by atoms with Gasteiger partial charge in [-0.05, 0) is 36.2 Å². The number of anilines is 1. The second-order valence-corrected chi connectivity index (χ2v) is 6.95. The molecular formula is C19H19F3N4O2. The summed E-state index contributed by atoms with van der Waals surface area (Å²) in [6, 6.07) is 4.74. The van der Waals surface area contributed by atoms with Gasteiger partial charge in [0.2, 0.25) is 11.9 Å². The summed E-state index contributed by atoms with van der Waals surface area (Å²) in [4.78, 5) is 34.2. The van der Waals surface area contributed by atoms with Crippen LogP contribution >= 0.6 is 0 Å². The predicted molar refractivity (Wildman–Crippen MR) is 95.7 cm³/mol. The van der Waals surface area contributed by atoms with Crippen molar-refractivity contribution in [3.8, 4) is 0 Å². The van der Waals surface area contributed by atoms with Gasteiger partial charge in [0.15, 0.2) is 0 Å². The van der Waals surface area contributed by atoms with Gasteiger partial charge in [0.05, 0.1) is 5.56 Å². The summed E-state index contributed by atoms with van der Waals surface area (Å²) in [6.07, 6.45) is -1.04. The van der Waals surface area contributed by atoms with E-state index in [-0.39, 0.29) is 24.6 Å². The first kappa shape index (κ1) is 19.8. The standard InChI is InChI=1S/C19H19F3N4O2/c1-3-18(2)11-26(10-15(27)25-17-23-7-4-8-24-17)16(28)13-6-5-12(9-14(13)18)19(20,21)22/h4-9H,3,10-11H2,1-2H3,(H,23,24,25,27)/t18-/m0/s1. The largest absolute Gasteiger partial charge is 0.416 e. The van der Waals surface area contributed by atoms with Crippen molar-refractivity contribution in [3.05, 3.63) is 53.3 Å². The average Bonchev–Trinajstić information content (AvgIpc) is 2.65. The van der Waals surface area contributed by atoms with Gasteiger partial charge in [-0.15, -0.1) is 0 Å². The Morgan fingerprint density at radius 1 is 1.29 bits per heavy atom. The highest BCUT2D eigenvalue weighted by Crippen LogP contribution is 2.39. The minimum absolute atomic E-state index is 0.116. The van der Waals surface area contributed by atoms with E-state index < -0.39 is 29.0 Å². The molecule has 1 atom stereocenters. The Hall–Kier alpha value is -2.97. The Morgan fingerprint density at radius 2 is 1.96 bits per heavy atom. The molecule has 0 unspecified atom stereocenters. The Bertz CT molecular complexity index is 902. The van der Waals surface area contributed by atoms with Gasteiger partial charge < -0.3 is 4.90 Å². The summed E-state index contributed by atoms with van der Waals surface area (Å²) in [5, 5.41) is 2.50. The Labute approximate surface area is 159 Å². The maximum Gasteiger partial charge on any atom is 0.416 e. The van der Waals surface area contributed by atoms with Crippen LogP contribution in [-0.2, 0) is 16.4 Å². The van der Waals surface area contributed by atoms with E-state index >= 15 is 0 Å². The van der Waals surface area contributed by atoms with Crippen LogP contribution in [0, 0.1) is 0 Å². The van der Waals surface area contributed by atoms with Gasteiger partial charge in [0, 0.05) is 29.9 Å². The molecule has 1 aliphatic heterocycles. The third-order valence-electron chi connectivity index (χ3n) is 4.99. The maximum atomic E-state index is 13.1. The molecule has 0 spiro atoms. The van der Waals surface area contributed by atoms with Crippen LogP contribution in [-0.4, -0.2) is 39.8 Å². The number of nitrogens with zero attached hydrogens (tertiary/aromatic N) is 3. The van der Waals surface area contributed by atoms with E-state index in [1.165, 1.54) is 23.4 Å². The van der Waals surface area contributed by atoms with Crippen LogP contribution in [0.5, 0.6) is 0 Å². The lowest BCUT2D eigenvalue weighted by molar-refractivity contribution is -0.137. The molecule has 0 aliphatic carbocycles. The van der Waals surface area contributed by atoms with Crippen LogP contribution in [0.4, 0.5) is 19.1 Å². The van der Waals surface area contributed by atoms with Crippen molar-refractivity contribution in [1.29, 1.82) is 0 Å². The summed E-state index contributed by atoms with van der Waals surface area (Å²) < 4.78 is 39.3. The van der Waals surface area contributed by atoms with E-state index in [1.807, 2.05) is 6.92 Å². The van der Waals surface area contributed by atoms with E-state index in [4.69, 9.17) is 0 Å². The zero-order chi connectivity index (χ0) is 20.5. The molecule has 1 aromatic heterocycles. The molecule has 1 aromatic carbocycles. The number of rotatable bonds is 4. The van der Waals surface area contributed by atoms with Crippen molar-refractivity contribution >= 4 is 17.8 Å². The van der Waals surface area contributed by atoms with Gasteiger partial charge in [-0.1, -0.05) is 13.8 Å². The number of carbonyl (C=O) groups excluding carboxylic acids is 2. The average molecular weight is 392 g/mol. The summed E-state index contributed by atoms with van der Waals surface area (Å²) in [7, 11) is 0. The van der Waals surface area contributed by atoms with E-state index in [0.29, 0.717) is 12.0 Å². The van der Waals surface area contributed by atoms with Crippen molar-refractivity contribution in [2.24, 2.45) is 0 Å². The fourth-order valence-electron chi connectivity index (χ4n) is 3.29. The number of hydrogen-bond acceptors (Lipinski definition) is 4. The number of amides is 2. The van der Waals surface area contributed by atoms with Crippen molar-refractivity contribution in [2.75, 3.05) is 18.4 Å². The molecule has 6 nitrogen and oxygen atoms in total. The second kappa shape index (κ2) is 7.21. The first-order chi connectivity index (χ1) is 13.1. The topological polar surface area (TPSA) is 75.2 Å². The summed E-state index contributed by atoms with van der Waals surface area (Å²) in [5.74, 6) is -0.836. The monoisotopic (exact) mass is 392 g/mol. The fourth-order valence-corrected chi connectivity index (χ4v) is 3.29. The Balaban J connectivity index is 1.87. The van der Waals surface area contributed by atoms with Crippen LogP contribution in [0.2, 0.25) is 0 Å². The molecule has 0 saturated heterocycles. The predicted octanol–water partition coefficient (Wildman–Crippen LogP) is 3.26. The molecule has 0 saturated carbocycles. The first-order valence-corrected chi connectivity index (χ1v) is 8.72. The minimum atomic E-state index is -4.49. The molecule has 0 bridgehead atoms. The lowest BCUT2D eigenvalue weighted by Crippen LogP contribution is -2.50. The van der Waals surface area contributed by atoms with Gasteiger partial charge in [-0.25, -0.2) is 9.97 Å².